The summed E-state index contributed by atoms with van der Waals surface area (Å²) in [7, 11) is 0. The molecular formula is C21H26N2O. The number of hydrogen-bond acceptors (Lipinski definition) is 1. The molecule has 0 atom stereocenters. The van der Waals surface area contributed by atoms with E-state index in [2.05, 4.69) is 62.5 Å². The third-order valence-electron chi connectivity index (χ3n) is 4.78. The van der Waals surface area contributed by atoms with E-state index in [1.807, 2.05) is 23.1 Å². The molecule has 0 saturated heterocycles. The maximum Gasteiger partial charge on any atom is 0.318 e. The zero-order chi connectivity index (χ0) is 17.2. The van der Waals surface area contributed by atoms with Gasteiger partial charge in [-0.05, 0) is 44.7 Å². The van der Waals surface area contributed by atoms with Crippen molar-refractivity contribution in [3.05, 3.63) is 71.3 Å². The first-order valence-corrected chi connectivity index (χ1v) is 8.70. The van der Waals surface area contributed by atoms with E-state index in [1.54, 1.807) is 0 Å². The molecule has 2 amide bonds. The van der Waals surface area contributed by atoms with Crippen molar-refractivity contribution in [2.75, 3.05) is 0 Å². The van der Waals surface area contributed by atoms with E-state index in [0.717, 1.165) is 18.4 Å². The number of nitrogens with zero attached hydrogens (tertiary/aromatic N) is 1. The summed E-state index contributed by atoms with van der Waals surface area (Å²) in [6.07, 6.45) is 2.03. The third kappa shape index (κ3) is 3.61. The van der Waals surface area contributed by atoms with E-state index >= 15 is 0 Å². The highest BCUT2D eigenvalue weighted by atomic mass is 16.2. The minimum atomic E-state index is -0.172. The van der Waals surface area contributed by atoms with Crippen molar-refractivity contribution in [2.45, 2.75) is 51.7 Å². The van der Waals surface area contributed by atoms with E-state index in [-0.39, 0.29) is 17.6 Å². The minimum absolute atomic E-state index is 0.0203. The Bertz CT molecular complexity index is 688. The molecule has 2 aromatic rings. The zero-order valence-electron chi connectivity index (χ0n) is 14.8. The van der Waals surface area contributed by atoms with Crippen LogP contribution in [0.5, 0.6) is 0 Å². The first-order valence-electron chi connectivity index (χ1n) is 8.70. The van der Waals surface area contributed by atoms with E-state index in [0.29, 0.717) is 6.54 Å². The lowest BCUT2D eigenvalue weighted by atomic mass is 10.0. The molecular weight excluding hydrogens is 296 g/mol. The van der Waals surface area contributed by atoms with Crippen LogP contribution in [0.15, 0.2) is 54.6 Å². The second-order valence-corrected chi connectivity index (χ2v) is 7.09. The van der Waals surface area contributed by atoms with Gasteiger partial charge in [0, 0.05) is 12.6 Å². The molecule has 1 N–H and O–H groups in total. The summed E-state index contributed by atoms with van der Waals surface area (Å²) < 4.78 is 0. The molecule has 0 radical (unpaired) electrons. The highest BCUT2D eigenvalue weighted by Gasteiger charge is 2.46. The Kier molecular flexibility index (Phi) is 4.61. The first kappa shape index (κ1) is 16.6. The van der Waals surface area contributed by atoms with Gasteiger partial charge in [-0.25, -0.2) is 4.79 Å². The van der Waals surface area contributed by atoms with Gasteiger partial charge < -0.3 is 10.2 Å². The fourth-order valence-electron chi connectivity index (χ4n) is 3.03. The van der Waals surface area contributed by atoms with Crippen LogP contribution in [-0.4, -0.2) is 17.0 Å². The lowest BCUT2D eigenvalue weighted by Gasteiger charge is -2.30. The molecule has 1 fully saturated rings. The Morgan fingerprint density at radius 3 is 2.25 bits per heavy atom. The van der Waals surface area contributed by atoms with Crippen molar-refractivity contribution >= 4 is 6.03 Å². The van der Waals surface area contributed by atoms with Gasteiger partial charge in [-0.1, -0.05) is 60.2 Å². The summed E-state index contributed by atoms with van der Waals surface area (Å²) >= 11 is 0. The van der Waals surface area contributed by atoms with Gasteiger partial charge in [0.15, 0.2) is 0 Å². The highest BCUT2D eigenvalue weighted by Crippen LogP contribution is 2.45. The molecule has 1 aliphatic rings. The Morgan fingerprint density at radius 1 is 1.08 bits per heavy atom. The molecule has 0 bridgehead atoms. The number of urea groups is 1. The molecule has 0 heterocycles. The predicted molar refractivity (Wildman–Crippen MR) is 97.7 cm³/mol. The van der Waals surface area contributed by atoms with Gasteiger partial charge >= 0.3 is 6.03 Å². The van der Waals surface area contributed by atoms with Crippen LogP contribution in [0.25, 0.3) is 0 Å². The topological polar surface area (TPSA) is 32.3 Å². The van der Waals surface area contributed by atoms with Crippen molar-refractivity contribution in [3.63, 3.8) is 0 Å². The van der Waals surface area contributed by atoms with E-state index < -0.39 is 0 Å². The summed E-state index contributed by atoms with van der Waals surface area (Å²) in [6, 6.07) is 18.8. The van der Waals surface area contributed by atoms with Gasteiger partial charge in [0.1, 0.15) is 0 Å². The van der Waals surface area contributed by atoms with E-state index in [1.165, 1.54) is 11.1 Å². The quantitative estimate of drug-likeness (QED) is 0.857. The summed E-state index contributed by atoms with van der Waals surface area (Å²) in [5, 5.41) is 3.29. The van der Waals surface area contributed by atoms with Crippen LogP contribution in [0.3, 0.4) is 0 Å². The Labute approximate surface area is 144 Å². The number of carbonyl (C=O) groups excluding carboxylic acids is 1. The van der Waals surface area contributed by atoms with Crippen LogP contribution in [-0.2, 0) is 12.1 Å². The van der Waals surface area contributed by atoms with Gasteiger partial charge in [-0.2, -0.15) is 0 Å². The van der Waals surface area contributed by atoms with Gasteiger partial charge in [0.25, 0.3) is 0 Å². The van der Waals surface area contributed by atoms with Crippen molar-refractivity contribution < 1.29 is 4.79 Å². The maximum absolute atomic E-state index is 12.9. The number of nitrogens with one attached hydrogen (secondary N) is 1. The van der Waals surface area contributed by atoms with Gasteiger partial charge in [0.05, 0.1) is 5.54 Å². The highest BCUT2D eigenvalue weighted by molar-refractivity contribution is 5.76. The molecule has 0 unspecified atom stereocenters. The summed E-state index contributed by atoms with van der Waals surface area (Å²) in [4.78, 5) is 14.8. The molecule has 0 spiro atoms. The molecule has 1 saturated carbocycles. The van der Waals surface area contributed by atoms with Crippen molar-refractivity contribution in [1.29, 1.82) is 0 Å². The minimum Gasteiger partial charge on any atom is -0.328 e. The second-order valence-electron chi connectivity index (χ2n) is 7.09. The summed E-state index contributed by atoms with van der Waals surface area (Å²) in [5.74, 6) is 0. The van der Waals surface area contributed by atoms with Gasteiger partial charge in [0.2, 0.25) is 0 Å². The molecule has 2 aromatic carbocycles. The fourth-order valence-corrected chi connectivity index (χ4v) is 3.03. The second kappa shape index (κ2) is 6.68. The van der Waals surface area contributed by atoms with Crippen molar-refractivity contribution in [2.24, 2.45) is 0 Å². The average molecular weight is 322 g/mol. The van der Waals surface area contributed by atoms with E-state index in [4.69, 9.17) is 0 Å². The van der Waals surface area contributed by atoms with Crippen LogP contribution in [0.1, 0.15) is 43.4 Å². The molecule has 1 aliphatic carbocycles. The number of benzene rings is 2. The molecule has 3 rings (SSSR count). The maximum atomic E-state index is 12.9. The van der Waals surface area contributed by atoms with Crippen molar-refractivity contribution in [3.8, 4) is 0 Å². The normalized spacial score (nSPS) is 15.2. The Balaban J connectivity index is 1.73. The number of amides is 2. The number of rotatable bonds is 5. The largest absolute Gasteiger partial charge is 0.328 e. The Morgan fingerprint density at radius 2 is 1.71 bits per heavy atom. The lowest BCUT2D eigenvalue weighted by molar-refractivity contribution is 0.174. The first-order chi connectivity index (χ1) is 11.5. The number of hydrogen-bond donors (Lipinski definition) is 1. The predicted octanol–water partition coefficient (Wildman–Crippen LogP) is 4.60. The summed E-state index contributed by atoms with van der Waals surface area (Å²) in [6.45, 7) is 6.85. The molecule has 0 aromatic heterocycles. The standard InChI is InChI=1S/C21H26N2O/c1-16(2)23(15-18-7-5-4-6-8-18)20(24)22-21(13-14-21)19-11-9-17(3)10-12-19/h4-12,16H,13-15H2,1-3H3,(H,22,24). The van der Waals surface area contributed by atoms with E-state index in [9.17, 15) is 4.79 Å². The lowest BCUT2D eigenvalue weighted by Crippen LogP contribution is -2.47. The fraction of sp³-hybridized carbons (Fsp3) is 0.381. The summed E-state index contributed by atoms with van der Waals surface area (Å²) in [5.41, 5.74) is 3.44. The molecule has 24 heavy (non-hydrogen) atoms. The van der Waals surface area contributed by atoms with Crippen LogP contribution < -0.4 is 5.32 Å². The van der Waals surface area contributed by atoms with Gasteiger partial charge in [-0.3, -0.25) is 0 Å². The molecule has 0 aliphatic heterocycles. The molecule has 3 nitrogen and oxygen atoms in total. The molecule has 126 valence electrons. The smallest absolute Gasteiger partial charge is 0.318 e. The van der Waals surface area contributed by atoms with Crippen LogP contribution >= 0.6 is 0 Å². The van der Waals surface area contributed by atoms with Gasteiger partial charge in [-0.15, -0.1) is 0 Å². The van der Waals surface area contributed by atoms with Crippen LogP contribution in [0.2, 0.25) is 0 Å². The Hall–Kier alpha value is -2.29. The average Bonchev–Trinajstić information content (AvgIpc) is 3.34. The monoisotopic (exact) mass is 322 g/mol. The molecule has 3 heteroatoms. The SMILES string of the molecule is Cc1ccc(C2(NC(=O)N(Cc3ccccc3)C(C)C)CC2)cc1. The zero-order valence-corrected chi connectivity index (χ0v) is 14.8. The van der Waals surface area contributed by atoms with Crippen LogP contribution in [0.4, 0.5) is 4.79 Å². The third-order valence-corrected chi connectivity index (χ3v) is 4.78. The number of aryl methyl sites for hydroxylation is 1. The van der Waals surface area contributed by atoms with Crippen molar-refractivity contribution in [1.82, 2.24) is 10.2 Å². The van der Waals surface area contributed by atoms with Crippen LogP contribution in [0, 0.1) is 6.92 Å². The number of carbonyl (C=O) groups is 1.